The van der Waals surface area contributed by atoms with Crippen molar-refractivity contribution in [1.82, 2.24) is 9.88 Å². The molecule has 0 saturated heterocycles. The van der Waals surface area contributed by atoms with Gasteiger partial charge in [-0.15, -0.1) is 0 Å². The SMILES string of the molecule is CC(C)CCNC(=O)CCCc1cn(C)c2ccccc12. The zero-order chi connectivity index (χ0) is 15.2. The van der Waals surface area contributed by atoms with Gasteiger partial charge in [-0.05, 0) is 36.8 Å². The fraction of sp³-hybridized carbons (Fsp3) is 0.500. The maximum Gasteiger partial charge on any atom is 0.220 e. The Labute approximate surface area is 127 Å². The Morgan fingerprint density at radius 1 is 1.29 bits per heavy atom. The third-order valence-electron chi connectivity index (χ3n) is 3.87. The van der Waals surface area contributed by atoms with Crippen LogP contribution in [0.1, 0.15) is 38.7 Å². The van der Waals surface area contributed by atoms with E-state index >= 15 is 0 Å². The Kier molecular flexibility index (Phi) is 5.43. The van der Waals surface area contributed by atoms with Crippen molar-refractivity contribution in [3.63, 3.8) is 0 Å². The molecule has 0 aliphatic rings. The second kappa shape index (κ2) is 7.30. The van der Waals surface area contributed by atoms with Crippen molar-refractivity contribution < 1.29 is 4.79 Å². The lowest BCUT2D eigenvalue weighted by Gasteiger charge is -2.07. The lowest BCUT2D eigenvalue weighted by atomic mass is 10.1. The van der Waals surface area contributed by atoms with Gasteiger partial charge >= 0.3 is 0 Å². The highest BCUT2D eigenvalue weighted by Crippen LogP contribution is 2.21. The number of nitrogens with one attached hydrogen (secondary N) is 1. The first-order valence-electron chi connectivity index (χ1n) is 7.87. The largest absolute Gasteiger partial charge is 0.356 e. The number of amides is 1. The van der Waals surface area contributed by atoms with Crippen LogP contribution in [-0.4, -0.2) is 17.0 Å². The summed E-state index contributed by atoms with van der Waals surface area (Å²) in [4.78, 5) is 11.8. The van der Waals surface area contributed by atoms with Crippen LogP contribution in [0.4, 0.5) is 0 Å². The molecule has 1 N–H and O–H groups in total. The first-order valence-corrected chi connectivity index (χ1v) is 7.87. The molecule has 0 bridgehead atoms. The average Bonchev–Trinajstić information content (AvgIpc) is 2.76. The number of carbonyl (C=O) groups excluding carboxylic acids is 1. The minimum Gasteiger partial charge on any atom is -0.356 e. The molecule has 2 aromatic rings. The van der Waals surface area contributed by atoms with Gasteiger partial charge in [0.25, 0.3) is 0 Å². The van der Waals surface area contributed by atoms with Crippen LogP contribution in [0.2, 0.25) is 0 Å². The summed E-state index contributed by atoms with van der Waals surface area (Å²) in [6, 6.07) is 8.43. The summed E-state index contributed by atoms with van der Waals surface area (Å²) >= 11 is 0. The number of para-hydroxylation sites is 1. The number of hydrogen-bond donors (Lipinski definition) is 1. The minimum atomic E-state index is 0.177. The van der Waals surface area contributed by atoms with Gasteiger partial charge < -0.3 is 9.88 Å². The molecule has 0 spiro atoms. The van der Waals surface area contributed by atoms with Crippen molar-refractivity contribution in [3.8, 4) is 0 Å². The molecule has 0 saturated carbocycles. The Morgan fingerprint density at radius 3 is 2.81 bits per heavy atom. The van der Waals surface area contributed by atoms with E-state index < -0.39 is 0 Å². The maximum atomic E-state index is 11.8. The second-order valence-corrected chi connectivity index (χ2v) is 6.17. The fourth-order valence-electron chi connectivity index (χ4n) is 2.65. The van der Waals surface area contributed by atoms with E-state index in [1.165, 1.54) is 16.5 Å². The van der Waals surface area contributed by atoms with Crippen molar-refractivity contribution in [1.29, 1.82) is 0 Å². The molecule has 2 rings (SSSR count). The molecular formula is C18H26N2O. The summed E-state index contributed by atoms with van der Waals surface area (Å²) in [5.74, 6) is 0.817. The summed E-state index contributed by atoms with van der Waals surface area (Å²) in [6.07, 6.45) is 5.71. The van der Waals surface area contributed by atoms with Gasteiger partial charge in [0.1, 0.15) is 0 Å². The first-order chi connectivity index (χ1) is 10.1. The predicted octanol–water partition coefficient (Wildman–Crippen LogP) is 3.66. The van der Waals surface area contributed by atoms with E-state index in [0.717, 1.165) is 25.8 Å². The van der Waals surface area contributed by atoms with Gasteiger partial charge in [-0.25, -0.2) is 0 Å². The molecular weight excluding hydrogens is 260 g/mol. The minimum absolute atomic E-state index is 0.177. The molecule has 1 aromatic carbocycles. The summed E-state index contributed by atoms with van der Waals surface area (Å²) in [7, 11) is 2.07. The number of aromatic nitrogens is 1. The van der Waals surface area contributed by atoms with E-state index in [1.54, 1.807) is 0 Å². The summed E-state index contributed by atoms with van der Waals surface area (Å²) < 4.78 is 2.16. The molecule has 1 aromatic heterocycles. The van der Waals surface area contributed by atoms with Crippen LogP contribution >= 0.6 is 0 Å². The number of rotatable bonds is 7. The molecule has 0 aliphatic carbocycles. The van der Waals surface area contributed by atoms with E-state index in [1.807, 2.05) is 0 Å². The molecule has 0 atom stereocenters. The Hall–Kier alpha value is -1.77. The van der Waals surface area contributed by atoms with Crippen molar-refractivity contribution in [2.45, 2.75) is 39.5 Å². The van der Waals surface area contributed by atoms with Crippen LogP contribution in [0.3, 0.4) is 0 Å². The van der Waals surface area contributed by atoms with Gasteiger partial charge in [0.15, 0.2) is 0 Å². The maximum absolute atomic E-state index is 11.8. The second-order valence-electron chi connectivity index (χ2n) is 6.17. The van der Waals surface area contributed by atoms with E-state index in [-0.39, 0.29) is 5.91 Å². The van der Waals surface area contributed by atoms with Gasteiger partial charge in [0, 0.05) is 37.1 Å². The molecule has 0 aliphatic heterocycles. The topological polar surface area (TPSA) is 34.0 Å². The monoisotopic (exact) mass is 286 g/mol. The van der Waals surface area contributed by atoms with Gasteiger partial charge in [-0.2, -0.15) is 0 Å². The highest BCUT2D eigenvalue weighted by Gasteiger charge is 2.07. The quantitative estimate of drug-likeness (QED) is 0.828. The van der Waals surface area contributed by atoms with Gasteiger partial charge in [0.05, 0.1) is 0 Å². The number of aryl methyl sites for hydroxylation is 2. The smallest absolute Gasteiger partial charge is 0.220 e. The Balaban J connectivity index is 1.81. The zero-order valence-electron chi connectivity index (χ0n) is 13.4. The number of carbonyl (C=O) groups is 1. The molecule has 0 radical (unpaired) electrons. The molecule has 1 heterocycles. The first kappa shape index (κ1) is 15.6. The van der Waals surface area contributed by atoms with Crippen molar-refractivity contribution in [2.75, 3.05) is 6.54 Å². The lowest BCUT2D eigenvalue weighted by Crippen LogP contribution is -2.25. The van der Waals surface area contributed by atoms with Gasteiger partial charge in [-0.1, -0.05) is 32.0 Å². The van der Waals surface area contributed by atoms with Crippen molar-refractivity contribution in [3.05, 3.63) is 36.0 Å². The summed E-state index contributed by atoms with van der Waals surface area (Å²) in [5, 5.41) is 4.30. The summed E-state index contributed by atoms with van der Waals surface area (Å²) in [6.45, 7) is 5.14. The molecule has 1 amide bonds. The molecule has 0 fully saturated rings. The third kappa shape index (κ3) is 4.35. The van der Waals surface area contributed by atoms with Gasteiger partial charge in [0.2, 0.25) is 5.91 Å². The summed E-state index contributed by atoms with van der Waals surface area (Å²) in [5.41, 5.74) is 2.59. The van der Waals surface area contributed by atoms with Gasteiger partial charge in [-0.3, -0.25) is 4.79 Å². The number of hydrogen-bond acceptors (Lipinski definition) is 1. The number of nitrogens with zero attached hydrogens (tertiary/aromatic N) is 1. The van der Waals surface area contributed by atoms with Crippen LogP contribution < -0.4 is 5.32 Å². The molecule has 0 unspecified atom stereocenters. The highest BCUT2D eigenvalue weighted by atomic mass is 16.1. The predicted molar refractivity (Wildman–Crippen MR) is 88.3 cm³/mol. The zero-order valence-corrected chi connectivity index (χ0v) is 13.4. The normalized spacial score (nSPS) is 11.2. The number of benzene rings is 1. The molecule has 3 nitrogen and oxygen atoms in total. The van der Waals surface area contributed by atoms with Crippen LogP contribution in [0.15, 0.2) is 30.5 Å². The average molecular weight is 286 g/mol. The standard InChI is InChI=1S/C18H26N2O/c1-14(2)11-12-19-18(21)10-6-7-15-13-20(3)17-9-5-4-8-16(15)17/h4-5,8-9,13-14H,6-7,10-12H2,1-3H3,(H,19,21). The van der Waals surface area contributed by atoms with Crippen LogP contribution in [0.5, 0.6) is 0 Å². The van der Waals surface area contributed by atoms with E-state index in [9.17, 15) is 4.79 Å². The van der Waals surface area contributed by atoms with Crippen LogP contribution in [-0.2, 0) is 18.3 Å². The fourth-order valence-corrected chi connectivity index (χ4v) is 2.65. The van der Waals surface area contributed by atoms with Crippen LogP contribution in [0.25, 0.3) is 10.9 Å². The van der Waals surface area contributed by atoms with E-state index in [0.29, 0.717) is 12.3 Å². The van der Waals surface area contributed by atoms with Crippen molar-refractivity contribution >= 4 is 16.8 Å². The van der Waals surface area contributed by atoms with Crippen molar-refractivity contribution in [2.24, 2.45) is 13.0 Å². The van der Waals surface area contributed by atoms with E-state index in [4.69, 9.17) is 0 Å². The van der Waals surface area contributed by atoms with Crippen LogP contribution in [0, 0.1) is 5.92 Å². The Morgan fingerprint density at radius 2 is 2.05 bits per heavy atom. The third-order valence-corrected chi connectivity index (χ3v) is 3.87. The number of fused-ring (bicyclic) bond motifs is 1. The lowest BCUT2D eigenvalue weighted by molar-refractivity contribution is -0.121. The Bertz CT molecular complexity index is 598. The highest BCUT2D eigenvalue weighted by molar-refractivity contribution is 5.84. The van der Waals surface area contributed by atoms with E-state index in [2.05, 4.69) is 61.2 Å². The molecule has 3 heteroatoms. The molecule has 21 heavy (non-hydrogen) atoms. The molecule has 114 valence electrons.